The van der Waals surface area contributed by atoms with Crippen LogP contribution in [-0.2, 0) is 19.8 Å². The van der Waals surface area contributed by atoms with Crippen molar-refractivity contribution >= 4 is 46.6 Å². The number of terminal acetylenes is 1. The lowest BCUT2D eigenvalue weighted by atomic mass is 9.63. The normalized spacial score (nSPS) is 23.3. The number of halogens is 2. The first-order valence-corrected chi connectivity index (χ1v) is 15.1. The van der Waals surface area contributed by atoms with Crippen molar-refractivity contribution < 1.29 is 19.1 Å². The van der Waals surface area contributed by atoms with E-state index in [1.54, 1.807) is 43.3 Å². The van der Waals surface area contributed by atoms with E-state index in [4.69, 9.17) is 34.4 Å². The molecule has 220 valence electrons. The summed E-state index contributed by atoms with van der Waals surface area (Å²) in [6, 6.07) is 17.2. The first kappa shape index (κ1) is 29.1. The van der Waals surface area contributed by atoms with E-state index in [0.29, 0.717) is 52.3 Å². The number of nitrogens with one attached hydrogen (secondary N) is 2. The molecular weight excluding hydrogens is 585 g/mol. The van der Waals surface area contributed by atoms with Crippen molar-refractivity contribution in [2.45, 2.75) is 43.6 Å². The second kappa shape index (κ2) is 11.6. The van der Waals surface area contributed by atoms with Crippen LogP contribution < -0.4 is 15.4 Å². The number of amides is 3. The van der Waals surface area contributed by atoms with Gasteiger partial charge in [-0.05, 0) is 78.8 Å². The van der Waals surface area contributed by atoms with E-state index in [9.17, 15) is 14.4 Å². The van der Waals surface area contributed by atoms with Gasteiger partial charge in [-0.3, -0.25) is 14.4 Å². The van der Waals surface area contributed by atoms with Crippen LogP contribution in [0, 0.1) is 18.3 Å². The zero-order valence-electron chi connectivity index (χ0n) is 23.7. The van der Waals surface area contributed by atoms with Crippen molar-refractivity contribution in [3.8, 4) is 18.1 Å². The Morgan fingerprint density at radius 3 is 2.56 bits per heavy atom. The molecule has 0 aliphatic carbocycles. The van der Waals surface area contributed by atoms with E-state index in [1.807, 2.05) is 29.2 Å². The third-order valence-electron chi connectivity index (χ3n) is 9.01. The van der Waals surface area contributed by atoms with Crippen molar-refractivity contribution in [3.63, 3.8) is 0 Å². The molecule has 43 heavy (non-hydrogen) atoms. The highest BCUT2D eigenvalue weighted by molar-refractivity contribution is 6.31. The predicted molar refractivity (Wildman–Crippen MR) is 166 cm³/mol. The molecule has 3 heterocycles. The van der Waals surface area contributed by atoms with E-state index < -0.39 is 17.4 Å². The number of carbonyl (C=O) groups is 3. The third kappa shape index (κ3) is 5.35. The number of hydrogen-bond donors (Lipinski definition) is 2. The zero-order valence-corrected chi connectivity index (χ0v) is 25.2. The number of likely N-dealkylation sites (tertiary alicyclic amines) is 1. The molecule has 1 spiro atoms. The lowest BCUT2D eigenvalue weighted by Crippen LogP contribution is -2.55. The number of hydrogen-bond acceptors (Lipinski definition) is 4. The van der Waals surface area contributed by atoms with Gasteiger partial charge in [-0.25, -0.2) is 0 Å². The Bertz CT molecular complexity index is 1660. The second-order valence-corrected chi connectivity index (χ2v) is 12.4. The highest BCUT2D eigenvalue weighted by Gasteiger charge is 2.58. The summed E-state index contributed by atoms with van der Waals surface area (Å²) in [5.74, 6) is 2.48. The van der Waals surface area contributed by atoms with Crippen LogP contribution in [0.1, 0.15) is 60.4 Å². The molecule has 2 fully saturated rings. The van der Waals surface area contributed by atoms with Crippen molar-refractivity contribution in [1.82, 2.24) is 10.2 Å². The SMILES string of the molecule is C#Cc1ccc(OCC2CCN(C(C)=O)CC2)c([C@H]2NC(=O)[C@@H](c3cccc(Cl)c3)C[C@]23C(=O)Nc2cc(Cl)ccc23)c1. The minimum absolute atomic E-state index is 0.0809. The number of anilines is 1. The number of ether oxygens (including phenoxy) is 1. The minimum Gasteiger partial charge on any atom is -0.493 e. The Hall–Kier alpha value is -3.99. The molecule has 3 aliphatic heterocycles. The van der Waals surface area contributed by atoms with Crippen molar-refractivity contribution in [3.05, 3.63) is 93.0 Å². The number of rotatable bonds is 5. The molecule has 3 amide bonds. The number of nitrogens with zero attached hydrogens (tertiary/aromatic N) is 1. The van der Waals surface area contributed by atoms with Gasteiger partial charge in [0.2, 0.25) is 17.7 Å². The van der Waals surface area contributed by atoms with Crippen molar-refractivity contribution in [2.75, 3.05) is 25.0 Å². The molecule has 0 radical (unpaired) electrons. The predicted octanol–water partition coefficient (Wildman–Crippen LogP) is 5.85. The molecule has 2 N–H and O–H groups in total. The summed E-state index contributed by atoms with van der Waals surface area (Å²) in [5.41, 5.74) is 2.13. The average Bonchev–Trinajstić information content (AvgIpc) is 3.27. The third-order valence-corrected chi connectivity index (χ3v) is 9.48. The maximum Gasteiger partial charge on any atom is 0.237 e. The first-order chi connectivity index (χ1) is 20.7. The quantitative estimate of drug-likeness (QED) is 0.353. The highest BCUT2D eigenvalue weighted by Crippen LogP contribution is 2.55. The molecule has 3 aromatic rings. The second-order valence-electron chi connectivity index (χ2n) is 11.5. The molecule has 3 aromatic carbocycles. The van der Waals surface area contributed by atoms with E-state index in [2.05, 4.69) is 16.6 Å². The fourth-order valence-corrected chi connectivity index (χ4v) is 7.08. The summed E-state index contributed by atoms with van der Waals surface area (Å²) in [6.07, 6.45) is 7.68. The molecule has 0 unspecified atom stereocenters. The summed E-state index contributed by atoms with van der Waals surface area (Å²) in [6.45, 7) is 3.41. The molecule has 9 heteroatoms. The number of benzene rings is 3. The van der Waals surface area contributed by atoms with Gasteiger partial charge in [-0.2, -0.15) is 0 Å². The van der Waals surface area contributed by atoms with Crippen LogP contribution in [0.2, 0.25) is 10.0 Å². The first-order valence-electron chi connectivity index (χ1n) is 14.4. The minimum atomic E-state index is -1.18. The Kier molecular flexibility index (Phi) is 7.85. The van der Waals surface area contributed by atoms with Gasteiger partial charge in [-0.1, -0.05) is 47.3 Å². The fraction of sp³-hybridized carbons (Fsp3) is 0.324. The maximum absolute atomic E-state index is 14.2. The van der Waals surface area contributed by atoms with E-state index in [-0.39, 0.29) is 30.1 Å². The summed E-state index contributed by atoms with van der Waals surface area (Å²) < 4.78 is 6.44. The molecule has 0 aromatic heterocycles. The molecular formula is C34H31Cl2N3O4. The van der Waals surface area contributed by atoms with Crippen molar-refractivity contribution in [2.24, 2.45) is 5.92 Å². The van der Waals surface area contributed by atoms with Gasteiger partial charge in [0, 0.05) is 46.9 Å². The number of fused-ring (bicyclic) bond motifs is 2. The van der Waals surface area contributed by atoms with Crippen molar-refractivity contribution in [1.29, 1.82) is 0 Å². The van der Waals surface area contributed by atoms with Crippen LogP contribution in [0.15, 0.2) is 60.7 Å². The van der Waals surface area contributed by atoms with Crippen LogP contribution in [0.3, 0.4) is 0 Å². The number of carbonyl (C=O) groups excluding carboxylic acids is 3. The maximum atomic E-state index is 14.2. The highest BCUT2D eigenvalue weighted by atomic mass is 35.5. The number of piperidine rings is 2. The van der Waals surface area contributed by atoms with Crippen LogP contribution >= 0.6 is 23.2 Å². The monoisotopic (exact) mass is 615 g/mol. The summed E-state index contributed by atoms with van der Waals surface area (Å²) >= 11 is 12.6. The molecule has 0 bridgehead atoms. The van der Waals surface area contributed by atoms with E-state index in [1.165, 1.54) is 0 Å². The largest absolute Gasteiger partial charge is 0.493 e. The van der Waals surface area contributed by atoms with Crippen LogP contribution in [0.5, 0.6) is 5.75 Å². The molecule has 2 saturated heterocycles. The summed E-state index contributed by atoms with van der Waals surface area (Å²) in [4.78, 5) is 41.6. The van der Waals surface area contributed by atoms with Crippen LogP contribution in [-0.4, -0.2) is 42.3 Å². The van der Waals surface area contributed by atoms with Gasteiger partial charge < -0.3 is 20.3 Å². The molecule has 6 rings (SSSR count). The van der Waals surface area contributed by atoms with Crippen LogP contribution in [0.4, 0.5) is 5.69 Å². The Morgan fingerprint density at radius 1 is 1.07 bits per heavy atom. The van der Waals surface area contributed by atoms with Crippen LogP contribution in [0.25, 0.3) is 0 Å². The topological polar surface area (TPSA) is 87.7 Å². The van der Waals surface area contributed by atoms with Gasteiger partial charge in [0.05, 0.1) is 18.6 Å². The summed E-state index contributed by atoms with van der Waals surface area (Å²) in [5, 5.41) is 7.23. The zero-order chi connectivity index (χ0) is 30.3. The molecule has 7 nitrogen and oxygen atoms in total. The van der Waals surface area contributed by atoms with Gasteiger partial charge in [0.15, 0.2) is 0 Å². The Labute approximate surface area is 260 Å². The summed E-state index contributed by atoms with van der Waals surface area (Å²) in [7, 11) is 0. The smallest absolute Gasteiger partial charge is 0.237 e. The molecule has 0 saturated carbocycles. The molecule has 3 aliphatic rings. The van der Waals surface area contributed by atoms with Gasteiger partial charge in [-0.15, -0.1) is 6.42 Å². The van der Waals surface area contributed by atoms with E-state index in [0.717, 1.165) is 24.0 Å². The molecule has 3 atom stereocenters. The Balaban J connectivity index is 1.41. The fourth-order valence-electron chi connectivity index (χ4n) is 6.71. The lowest BCUT2D eigenvalue weighted by Gasteiger charge is -2.44. The van der Waals surface area contributed by atoms with E-state index >= 15 is 0 Å². The standard InChI is InChI=1S/C34H31Cl2N3O4/c1-3-21-7-10-30(43-19-22-11-13-39(14-12-22)20(2)40)26(15-21)31-34(28-9-8-25(36)17-29(28)37-33(34)42)18-27(32(41)38-31)23-5-4-6-24(35)16-23/h1,4-10,15-17,22,27,31H,11-14,18-19H2,2H3,(H,37,42)(H,38,41)/t27-,31-,34-/m1/s1. The lowest BCUT2D eigenvalue weighted by molar-refractivity contribution is -0.132. The average molecular weight is 617 g/mol. The van der Waals surface area contributed by atoms with Gasteiger partial charge in [0.1, 0.15) is 11.2 Å². The van der Waals surface area contributed by atoms with Gasteiger partial charge >= 0.3 is 0 Å². The van der Waals surface area contributed by atoms with Gasteiger partial charge in [0.25, 0.3) is 0 Å². The Morgan fingerprint density at radius 2 is 1.84 bits per heavy atom.